The fourth-order valence-electron chi connectivity index (χ4n) is 0.942. The first-order valence-electron chi connectivity index (χ1n) is 3.52. The Hall–Kier alpha value is -1.47. The first-order valence-corrected chi connectivity index (χ1v) is 3.52. The van der Waals surface area contributed by atoms with E-state index in [1.165, 1.54) is 12.1 Å². The van der Waals surface area contributed by atoms with Gasteiger partial charge in [-0.1, -0.05) is 17.7 Å². The molecule has 0 saturated carbocycles. The molecular formula is C9H8FNO. The zero-order valence-electron chi connectivity index (χ0n) is 6.67. The van der Waals surface area contributed by atoms with E-state index in [4.69, 9.17) is 0 Å². The first-order chi connectivity index (χ1) is 5.74. The van der Waals surface area contributed by atoms with Gasteiger partial charge in [-0.15, -0.1) is 0 Å². The SMILES string of the molecule is Cc1ccc(F)c(CN=C=O)c1. The van der Waals surface area contributed by atoms with Crippen LogP contribution in [0.2, 0.25) is 0 Å². The molecule has 0 aliphatic carbocycles. The molecule has 0 unspecified atom stereocenters. The molecule has 1 rings (SSSR count). The molecular weight excluding hydrogens is 157 g/mol. The van der Waals surface area contributed by atoms with Crippen molar-refractivity contribution in [2.45, 2.75) is 13.5 Å². The molecule has 0 bridgehead atoms. The maximum Gasteiger partial charge on any atom is 0.235 e. The molecule has 12 heavy (non-hydrogen) atoms. The van der Waals surface area contributed by atoms with Gasteiger partial charge in [0.25, 0.3) is 0 Å². The second kappa shape index (κ2) is 3.79. The van der Waals surface area contributed by atoms with E-state index >= 15 is 0 Å². The molecule has 3 heteroatoms. The molecule has 0 amide bonds. The topological polar surface area (TPSA) is 29.4 Å². The van der Waals surface area contributed by atoms with Crippen molar-refractivity contribution in [1.82, 2.24) is 0 Å². The number of hydrogen-bond acceptors (Lipinski definition) is 2. The van der Waals surface area contributed by atoms with E-state index in [2.05, 4.69) is 4.99 Å². The van der Waals surface area contributed by atoms with Crippen molar-refractivity contribution in [2.24, 2.45) is 4.99 Å². The Labute approximate surface area is 69.7 Å². The van der Waals surface area contributed by atoms with Crippen LogP contribution in [0.5, 0.6) is 0 Å². The molecule has 0 aliphatic rings. The third-order valence-electron chi connectivity index (χ3n) is 1.52. The molecule has 0 aromatic heterocycles. The van der Waals surface area contributed by atoms with Gasteiger partial charge in [0, 0.05) is 5.56 Å². The molecule has 1 aromatic rings. The molecule has 0 N–H and O–H groups in total. The molecule has 0 fully saturated rings. The highest BCUT2D eigenvalue weighted by Gasteiger charge is 1.99. The van der Waals surface area contributed by atoms with E-state index in [1.807, 2.05) is 6.92 Å². The highest BCUT2D eigenvalue weighted by Crippen LogP contribution is 2.10. The van der Waals surface area contributed by atoms with Crippen LogP contribution in [0.4, 0.5) is 4.39 Å². The number of aryl methyl sites for hydroxylation is 1. The number of halogens is 1. The van der Waals surface area contributed by atoms with Gasteiger partial charge in [0.1, 0.15) is 5.82 Å². The Morgan fingerprint density at radius 3 is 3.00 bits per heavy atom. The van der Waals surface area contributed by atoms with Crippen LogP contribution in [0.3, 0.4) is 0 Å². The normalized spacial score (nSPS) is 9.17. The average Bonchev–Trinajstić information content (AvgIpc) is 2.07. The third-order valence-corrected chi connectivity index (χ3v) is 1.52. The summed E-state index contributed by atoms with van der Waals surface area (Å²) in [6.07, 6.45) is 1.37. The summed E-state index contributed by atoms with van der Waals surface area (Å²) in [5.41, 5.74) is 1.38. The molecule has 1 aromatic carbocycles. The van der Waals surface area contributed by atoms with Gasteiger partial charge in [-0.25, -0.2) is 14.2 Å². The number of isocyanates is 1. The second-order valence-corrected chi connectivity index (χ2v) is 2.50. The van der Waals surface area contributed by atoms with Crippen LogP contribution in [-0.4, -0.2) is 6.08 Å². The van der Waals surface area contributed by atoms with Crippen molar-refractivity contribution >= 4 is 6.08 Å². The van der Waals surface area contributed by atoms with Crippen LogP contribution >= 0.6 is 0 Å². The van der Waals surface area contributed by atoms with Crippen molar-refractivity contribution in [3.8, 4) is 0 Å². The monoisotopic (exact) mass is 165 g/mol. The lowest BCUT2D eigenvalue weighted by molar-refractivity contribution is 0.561. The zero-order chi connectivity index (χ0) is 8.97. The minimum Gasteiger partial charge on any atom is -0.211 e. The number of nitrogens with zero attached hydrogens (tertiary/aromatic N) is 1. The Morgan fingerprint density at radius 1 is 1.58 bits per heavy atom. The van der Waals surface area contributed by atoms with Crippen molar-refractivity contribution in [3.05, 3.63) is 35.1 Å². The summed E-state index contributed by atoms with van der Waals surface area (Å²) >= 11 is 0. The highest BCUT2D eigenvalue weighted by atomic mass is 19.1. The predicted molar refractivity (Wildman–Crippen MR) is 43.0 cm³/mol. The van der Waals surface area contributed by atoms with Gasteiger partial charge in [-0.3, -0.25) is 0 Å². The van der Waals surface area contributed by atoms with E-state index in [0.29, 0.717) is 5.56 Å². The van der Waals surface area contributed by atoms with E-state index in [9.17, 15) is 9.18 Å². The van der Waals surface area contributed by atoms with Crippen LogP contribution in [0.1, 0.15) is 11.1 Å². The van der Waals surface area contributed by atoms with Crippen molar-refractivity contribution in [3.63, 3.8) is 0 Å². The Morgan fingerprint density at radius 2 is 2.33 bits per heavy atom. The van der Waals surface area contributed by atoms with Crippen molar-refractivity contribution < 1.29 is 9.18 Å². The van der Waals surface area contributed by atoms with Gasteiger partial charge in [0.15, 0.2) is 0 Å². The van der Waals surface area contributed by atoms with Gasteiger partial charge in [-0.05, 0) is 13.0 Å². The lowest BCUT2D eigenvalue weighted by Crippen LogP contribution is -1.88. The number of aliphatic imine (C=N–C) groups is 1. The fraction of sp³-hybridized carbons (Fsp3) is 0.222. The molecule has 0 heterocycles. The van der Waals surface area contributed by atoms with Crippen molar-refractivity contribution in [1.29, 1.82) is 0 Å². The van der Waals surface area contributed by atoms with Crippen LogP contribution in [0.25, 0.3) is 0 Å². The summed E-state index contributed by atoms with van der Waals surface area (Å²) in [4.78, 5) is 13.1. The Balaban J connectivity index is 2.96. The van der Waals surface area contributed by atoms with Gasteiger partial charge in [0.05, 0.1) is 6.54 Å². The maximum absolute atomic E-state index is 12.9. The highest BCUT2D eigenvalue weighted by molar-refractivity contribution is 5.34. The molecule has 62 valence electrons. The van der Waals surface area contributed by atoms with Gasteiger partial charge < -0.3 is 0 Å². The van der Waals surface area contributed by atoms with E-state index < -0.39 is 0 Å². The summed E-state index contributed by atoms with van der Waals surface area (Å²) in [5.74, 6) is -0.334. The lowest BCUT2D eigenvalue weighted by atomic mass is 10.1. The van der Waals surface area contributed by atoms with E-state index in [-0.39, 0.29) is 12.4 Å². The summed E-state index contributed by atoms with van der Waals surface area (Å²) in [7, 11) is 0. The van der Waals surface area contributed by atoms with Crippen molar-refractivity contribution in [2.75, 3.05) is 0 Å². The van der Waals surface area contributed by atoms with Crippen LogP contribution < -0.4 is 0 Å². The third kappa shape index (κ3) is 2.01. The molecule has 0 atom stereocenters. The van der Waals surface area contributed by atoms with Crippen LogP contribution in [0.15, 0.2) is 23.2 Å². The Bertz CT molecular complexity index is 329. The molecule has 0 radical (unpaired) electrons. The van der Waals surface area contributed by atoms with E-state index in [0.717, 1.165) is 5.56 Å². The second-order valence-electron chi connectivity index (χ2n) is 2.50. The molecule has 2 nitrogen and oxygen atoms in total. The maximum atomic E-state index is 12.9. The fourth-order valence-corrected chi connectivity index (χ4v) is 0.942. The largest absolute Gasteiger partial charge is 0.235 e. The number of carbonyl (C=O) groups excluding carboxylic acids is 1. The number of rotatable bonds is 2. The van der Waals surface area contributed by atoms with Gasteiger partial charge in [-0.2, -0.15) is 0 Å². The predicted octanol–water partition coefficient (Wildman–Crippen LogP) is 1.97. The molecule has 0 spiro atoms. The first kappa shape index (κ1) is 8.62. The minimum atomic E-state index is -0.334. The van der Waals surface area contributed by atoms with Crippen LogP contribution in [0, 0.1) is 12.7 Å². The minimum absolute atomic E-state index is 0.0665. The summed E-state index contributed by atoms with van der Waals surface area (Å²) in [5, 5.41) is 0. The zero-order valence-corrected chi connectivity index (χ0v) is 6.67. The smallest absolute Gasteiger partial charge is 0.211 e. The standard InChI is InChI=1S/C9H8FNO/c1-7-2-3-9(10)8(4-7)5-11-6-12/h2-4H,5H2,1H3. The van der Waals surface area contributed by atoms with Crippen LogP contribution in [-0.2, 0) is 11.3 Å². The Kier molecular flexibility index (Phi) is 2.72. The lowest BCUT2D eigenvalue weighted by Gasteiger charge is -1.98. The van der Waals surface area contributed by atoms with Gasteiger partial charge in [0.2, 0.25) is 6.08 Å². The molecule has 0 saturated heterocycles. The molecule has 0 aliphatic heterocycles. The number of benzene rings is 1. The quantitative estimate of drug-likeness (QED) is 0.486. The average molecular weight is 165 g/mol. The van der Waals surface area contributed by atoms with Gasteiger partial charge >= 0.3 is 0 Å². The number of hydrogen-bond donors (Lipinski definition) is 0. The summed E-state index contributed by atoms with van der Waals surface area (Å²) < 4.78 is 12.9. The summed E-state index contributed by atoms with van der Waals surface area (Å²) in [6, 6.07) is 4.70. The van der Waals surface area contributed by atoms with E-state index in [1.54, 1.807) is 12.1 Å². The summed E-state index contributed by atoms with van der Waals surface area (Å²) in [6.45, 7) is 1.92.